The Labute approximate surface area is 115 Å². The van der Waals surface area contributed by atoms with Crippen molar-refractivity contribution in [3.05, 3.63) is 0 Å². The van der Waals surface area contributed by atoms with E-state index in [2.05, 4.69) is 17.6 Å². The van der Waals surface area contributed by atoms with Gasteiger partial charge in [0.25, 0.3) is 0 Å². The van der Waals surface area contributed by atoms with Crippen molar-refractivity contribution in [2.24, 2.45) is 11.8 Å². The predicted octanol–water partition coefficient (Wildman–Crippen LogP) is 2.37. The molecule has 2 amide bonds. The smallest absolute Gasteiger partial charge is 0.315 e. The molecule has 2 unspecified atom stereocenters. The number of hydrogen-bond donors (Lipinski definition) is 3. The number of amides is 2. The molecular weight excluding hydrogens is 244 g/mol. The summed E-state index contributed by atoms with van der Waals surface area (Å²) in [5, 5.41) is 14.4. The van der Waals surface area contributed by atoms with Gasteiger partial charge in [-0.1, -0.05) is 13.3 Å². The van der Waals surface area contributed by atoms with Gasteiger partial charge < -0.3 is 15.7 Å². The average molecular weight is 270 g/mol. The minimum Gasteiger partial charge on any atom is -0.481 e. The van der Waals surface area contributed by atoms with Crippen LogP contribution in [-0.4, -0.2) is 29.7 Å². The highest BCUT2D eigenvalue weighted by Crippen LogP contribution is 2.32. The quantitative estimate of drug-likeness (QED) is 0.602. The molecule has 0 bridgehead atoms. The van der Waals surface area contributed by atoms with Crippen LogP contribution in [0.4, 0.5) is 4.79 Å². The number of carboxylic acid groups (broad SMARTS) is 1. The molecule has 0 aromatic carbocycles. The Balaban J connectivity index is 2.09. The van der Waals surface area contributed by atoms with Gasteiger partial charge in [-0.15, -0.1) is 0 Å². The number of nitrogens with one attached hydrogen (secondary N) is 2. The van der Waals surface area contributed by atoms with E-state index in [0.29, 0.717) is 24.8 Å². The molecule has 1 fully saturated rings. The lowest BCUT2D eigenvalue weighted by Gasteiger charge is -2.16. The summed E-state index contributed by atoms with van der Waals surface area (Å²) in [6.07, 6.45) is 5.13. The number of rotatable bonds is 9. The number of hydrogen-bond acceptors (Lipinski definition) is 2. The fourth-order valence-corrected chi connectivity index (χ4v) is 2.24. The maximum absolute atomic E-state index is 11.6. The Kier molecular flexibility index (Phi) is 6.67. The summed E-state index contributed by atoms with van der Waals surface area (Å²) in [6.45, 7) is 4.71. The molecule has 0 aromatic heterocycles. The van der Waals surface area contributed by atoms with Gasteiger partial charge in [0.05, 0.1) is 0 Å². The van der Waals surface area contributed by atoms with Crippen LogP contribution >= 0.6 is 0 Å². The first-order valence-electron chi connectivity index (χ1n) is 7.29. The normalized spacial score (nSPS) is 17.6. The standard InChI is InChI=1S/C14H26N2O3/c1-3-11(4-7-13(17)18)8-9-15-14(19)16-10(2)12-5-6-12/h10-12H,3-9H2,1-2H3,(H,17,18)(H2,15,16,19). The maximum Gasteiger partial charge on any atom is 0.315 e. The third-order valence-corrected chi connectivity index (χ3v) is 3.87. The monoisotopic (exact) mass is 270 g/mol. The molecule has 0 spiro atoms. The second-order valence-electron chi connectivity index (χ2n) is 5.52. The Morgan fingerprint density at radius 2 is 2.00 bits per heavy atom. The minimum atomic E-state index is -0.748. The molecule has 3 N–H and O–H groups in total. The first kappa shape index (κ1) is 15.8. The number of aliphatic carboxylic acids is 1. The van der Waals surface area contributed by atoms with E-state index in [4.69, 9.17) is 5.11 Å². The Hall–Kier alpha value is -1.26. The van der Waals surface area contributed by atoms with E-state index in [-0.39, 0.29) is 18.5 Å². The lowest BCUT2D eigenvalue weighted by atomic mass is 9.97. The van der Waals surface area contributed by atoms with Crippen molar-refractivity contribution in [2.45, 2.75) is 58.4 Å². The van der Waals surface area contributed by atoms with Gasteiger partial charge in [0.1, 0.15) is 0 Å². The summed E-state index contributed by atoms with van der Waals surface area (Å²) in [6, 6.07) is 0.154. The molecule has 1 rings (SSSR count). The van der Waals surface area contributed by atoms with Crippen molar-refractivity contribution < 1.29 is 14.7 Å². The van der Waals surface area contributed by atoms with E-state index in [1.165, 1.54) is 12.8 Å². The van der Waals surface area contributed by atoms with E-state index in [1.807, 2.05) is 6.92 Å². The van der Waals surface area contributed by atoms with Crippen LogP contribution in [0, 0.1) is 11.8 Å². The van der Waals surface area contributed by atoms with E-state index < -0.39 is 5.97 Å². The highest BCUT2D eigenvalue weighted by atomic mass is 16.4. The molecule has 0 radical (unpaired) electrons. The van der Waals surface area contributed by atoms with Crippen LogP contribution < -0.4 is 10.6 Å². The summed E-state index contributed by atoms with van der Waals surface area (Å²) in [5.74, 6) is 0.282. The fraction of sp³-hybridized carbons (Fsp3) is 0.857. The molecule has 0 saturated heterocycles. The molecule has 1 aliphatic carbocycles. The number of carbonyl (C=O) groups excluding carboxylic acids is 1. The number of carbonyl (C=O) groups is 2. The van der Waals surface area contributed by atoms with E-state index in [9.17, 15) is 9.59 Å². The Morgan fingerprint density at radius 1 is 1.32 bits per heavy atom. The van der Waals surface area contributed by atoms with Gasteiger partial charge in [0, 0.05) is 19.0 Å². The summed E-state index contributed by atoms with van der Waals surface area (Å²) in [7, 11) is 0. The molecule has 19 heavy (non-hydrogen) atoms. The third kappa shape index (κ3) is 7.03. The van der Waals surface area contributed by atoms with Crippen LogP contribution in [0.5, 0.6) is 0 Å². The molecule has 110 valence electrons. The van der Waals surface area contributed by atoms with Gasteiger partial charge in [-0.25, -0.2) is 4.79 Å². The summed E-state index contributed by atoms with van der Waals surface area (Å²) in [4.78, 5) is 22.1. The molecule has 5 heteroatoms. The van der Waals surface area contributed by atoms with Gasteiger partial charge in [-0.3, -0.25) is 4.79 Å². The van der Waals surface area contributed by atoms with E-state index >= 15 is 0 Å². The topological polar surface area (TPSA) is 78.4 Å². The molecule has 2 atom stereocenters. The van der Waals surface area contributed by atoms with Gasteiger partial charge in [-0.05, 0) is 44.4 Å². The molecule has 0 aliphatic heterocycles. The lowest BCUT2D eigenvalue weighted by molar-refractivity contribution is -0.137. The van der Waals surface area contributed by atoms with Gasteiger partial charge in [-0.2, -0.15) is 0 Å². The average Bonchev–Trinajstić information content (AvgIpc) is 3.17. The third-order valence-electron chi connectivity index (χ3n) is 3.87. The van der Waals surface area contributed by atoms with Crippen molar-refractivity contribution >= 4 is 12.0 Å². The van der Waals surface area contributed by atoms with Crippen molar-refractivity contribution in [3.63, 3.8) is 0 Å². The van der Waals surface area contributed by atoms with Crippen LogP contribution in [0.15, 0.2) is 0 Å². The summed E-state index contributed by atoms with van der Waals surface area (Å²) in [5.41, 5.74) is 0. The van der Waals surface area contributed by atoms with Crippen molar-refractivity contribution in [1.82, 2.24) is 10.6 Å². The maximum atomic E-state index is 11.6. The Bertz CT molecular complexity index is 303. The van der Waals surface area contributed by atoms with Crippen molar-refractivity contribution in [1.29, 1.82) is 0 Å². The second-order valence-corrected chi connectivity index (χ2v) is 5.52. The molecule has 1 aliphatic rings. The first-order chi connectivity index (χ1) is 9.02. The second kappa shape index (κ2) is 8.02. The van der Waals surface area contributed by atoms with Gasteiger partial charge in [0.15, 0.2) is 0 Å². The number of urea groups is 1. The summed E-state index contributed by atoms with van der Waals surface area (Å²) < 4.78 is 0. The highest BCUT2D eigenvalue weighted by molar-refractivity contribution is 5.74. The van der Waals surface area contributed by atoms with Crippen LogP contribution in [-0.2, 0) is 4.79 Å². The molecule has 0 heterocycles. The largest absolute Gasteiger partial charge is 0.481 e. The molecule has 5 nitrogen and oxygen atoms in total. The zero-order valence-corrected chi connectivity index (χ0v) is 11.9. The van der Waals surface area contributed by atoms with Crippen LogP contribution in [0.1, 0.15) is 52.4 Å². The highest BCUT2D eigenvalue weighted by Gasteiger charge is 2.28. The predicted molar refractivity (Wildman–Crippen MR) is 74.0 cm³/mol. The Morgan fingerprint density at radius 3 is 2.53 bits per heavy atom. The lowest BCUT2D eigenvalue weighted by Crippen LogP contribution is -2.42. The molecule has 1 saturated carbocycles. The van der Waals surface area contributed by atoms with Gasteiger partial charge in [0.2, 0.25) is 0 Å². The first-order valence-corrected chi connectivity index (χ1v) is 7.29. The van der Waals surface area contributed by atoms with Crippen LogP contribution in [0.3, 0.4) is 0 Å². The zero-order valence-electron chi connectivity index (χ0n) is 11.9. The van der Waals surface area contributed by atoms with E-state index in [1.54, 1.807) is 0 Å². The van der Waals surface area contributed by atoms with Crippen molar-refractivity contribution in [2.75, 3.05) is 6.54 Å². The minimum absolute atomic E-state index is 0.104. The molecular formula is C14H26N2O3. The van der Waals surface area contributed by atoms with Crippen LogP contribution in [0.25, 0.3) is 0 Å². The number of carboxylic acids is 1. The van der Waals surface area contributed by atoms with Gasteiger partial charge >= 0.3 is 12.0 Å². The van der Waals surface area contributed by atoms with Crippen molar-refractivity contribution in [3.8, 4) is 0 Å². The van der Waals surface area contributed by atoms with Crippen LogP contribution in [0.2, 0.25) is 0 Å². The summed E-state index contributed by atoms with van der Waals surface area (Å²) >= 11 is 0. The SMILES string of the molecule is CCC(CCNC(=O)NC(C)C1CC1)CCC(=O)O. The molecule has 0 aromatic rings. The zero-order chi connectivity index (χ0) is 14.3. The van der Waals surface area contributed by atoms with E-state index in [0.717, 1.165) is 12.8 Å². The fourth-order valence-electron chi connectivity index (χ4n) is 2.24.